The quantitative estimate of drug-likeness (QED) is 0.866. The third-order valence-corrected chi connectivity index (χ3v) is 4.50. The molecule has 126 valence electrons. The molecule has 2 aromatic rings. The maximum absolute atomic E-state index is 12.4. The second-order valence-corrected chi connectivity index (χ2v) is 6.30. The van der Waals surface area contributed by atoms with Gasteiger partial charge in [0.1, 0.15) is 0 Å². The highest BCUT2D eigenvalue weighted by atomic mass is 16.2. The summed E-state index contributed by atoms with van der Waals surface area (Å²) in [4.78, 5) is 14.8. The first-order valence-electron chi connectivity index (χ1n) is 8.70. The molecule has 1 fully saturated rings. The first-order chi connectivity index (χ1) is 11.7. The summed E-state index contributed by atoms with van der Waals surface area (Å²) in [5, 5.41) is 6.02. The minimum Gasteiger partial charge on any atom is -0.370 e. The van der Waals surface area contributed by atoms with E-state index >= 15 is 0 Å². The van der Waals surface area contributed by atoms with Gasteiger partial charge in [-0.25, -0.2) is 4.79 Å². The molecule has 24 heavy (non-hydrogen) atoms. The summed E-state index contributed by atoms with van der Waals surface area (Å²) in [6, 6.07) is 17.8. The summed E-state index contributed by atoms with van der Waals surface area (Å²) in [6.45, 7) is 4.10. The predicted molar refractivity (Wildman–Crippen MR) is 99.5 cm³/mol. The van der Waals surface area contributed by atoms with Crippen LogP contribution in [0.3, 0.4) is 0 Å². The standard InChI is InChI=1S/C20H25N3O/c1-16(17-10-4-2-5-11-17)21-20(24)22-18-12-6-7-13-19(18)23-14-8-3-9-15-23/h2,4-7,10-13,16H,3,8-9,14-15H2,1H3,(H2,21,22,24). The van der Waals surface area contributed by atoms with Crippen molar-refractivity contribution in [3.8, 4) is 0 Å². The minimum atomic E-state index is -0.171. The van der Waals surface area contributed by atoms with Gasteiger partial charge in [-0.2, -0.15) is 0 Å². The fourth-order valence-corrected chi connectivity index (χ4v) is 3.17. The van der Waals surface area contributed by atoms with Crippen LogP contribution in [0, 0.1) is 0 Å². The van der Waals surface area contributed by atoms with Crippen LogP contribution in [0.4, 0.5) is 16.2 Å². The molecule has 1 heterocycles. The van der Waals surface area contributed by atoms with E-state index in [9.17, 15) is 4.79 Å². The third-order valence-electron chi connectivity index (χ3n) is 4.50. The summed E-state index contributed by atoms with van der Waals surface area (Å²) >= 11 is 0. The van der Waals surface area contributed by atoms with E-state index in [1.54, 1.807) is 0 Å². The van der Waals surface area contributed by atoms with E-state index in [4.69, 9.17) is 0 Å². The Bertz CT molecular complexity index is 666. The average Bonchev–Trinajstić information content (AvgIpc) is 2.63. The molecule has 1 aliphatic heterocycles. The lowest BCUT2D eigenvalue weighted by molar-refractivity contribution is 0.249. The van der Waals surface area contributed by atoms with Crippen LogP contribution >= 0.6 is 0 Å². The number of hydrogen-bond donors (Lipinski definition) is 2. The zero-order valence-corrected chi connectivity index (χ0v) is 14.2. The molecule has 2 aromatic carbocycles. The summed E-state index contributed by atoms with van der Waals surface area (Å²) in [7, 11) is 0. The van der Waals surface area contributed by atoms with Crippen LogP contribution < -0.4 is 15.5 Å². The van der Waals surface area contributed by atoms with Crippen molar-refractivity contribution in [2.45, 2.75) is 32.2 Å². The summed E-state index contributed by atoms with van der Waals surface area (Å²) in [5.41, 5.74) is 3.08. The van der Waals surface area contributed by atoms with Crippen molar-refractivity contribution < 1.29 is 4.79 Å². The predicted octanol–water partition coefficient (Wildman–Crippen LogP) is 4.56. The molecule has 4 heteroatoms. The van der Waals surface area contributed by atoms with Gasteiger partial charge in [-0.3, -0.25) is 0 Å². The number of carbonyl (C=O) groups excluding carboxylic acids is 1. The monoisotopic (exact) mass is 323 g/mol. The molecule has 4 nitrogen and oxygen atoms in total. The van der Waals surface area contributed by atoms with Crippen LogP contribution in [0.15, 0.2) is 54.6 Å². The normalized spacial score (nSPS) is 15.6. The number of nitrogens with one attached hydrogen (secondary N) is 2. The molecule has 0 aliphatic carbocycles. The SMILES string of the molecule is CC(NC(=O)Nc1ccccc1N1CCCCC1)c1ccccc1. The van der Waals surface area contributed by atoms with Crippen molar-refractivity contribution in [1.82, 2.24) is 5.32 Å². The maximum Gasteiger partial charge on any atom is 0.319 e. The van der Waals surface area contributed by atoms with E-state index in [2.05, 4.69) is 21.6 Å². The van der Waals surface area contributed by atoms with Gasteiger partial charge < -0.3 is 15.5 Å². The minimum absolute atomic E-state index is 0.0339. The molecule has 0 bridgehead atoms. The molecule has 1 saturated heterocycles. The van der Waals surface area contributed by atoms with Crippen LogP contribution in [0.2, 0.25) is 0 Å². The van der Waals surface area contributed by atoms with Crippen LogP contribution in [0.5, 0.6) is 0 Å². The van der Waals surface area contributed by atoms with Gasteiger partial charge in [0.05, 0.1) is 17.4 Å². The number of piperidine rings is 1. The van der Waals surface area contributed by atoms with E-state index < -0.39 is 0 Å². The van der Waals surface area contributed by atoms with Gasteiger partial charge in [-0.1, -0.05) is 42.5 Å². The van der Waals surface area contributed by atoms with Crippen LogP contribution in [0.1, 0.15) is 37.8 Å². The van der Waals surface area contributed by atoms with E-state index in [1.807, 2.05) is 55.5 Å². The Hall–Kier alpha value is -2.49. The lowest BCUT2D eigenvalue weighted by atomic mass is 10.1. The zero-order chi connectivity index (χ0) is 16.8. The Morgan fingerprint density at radius 3 is 2.38 bits per heavy atom. The molecule has 3 rings (SSSR count). The Morgan fingerprint density at radius 1 is 0.958 bits per heavy atom. The number of urea groups is 1. The Morgan fingerprint density at radius 2 is 1.62 bits per heavy atom. The molecule has 0 radical (unpaired) electrons. The van der Waals surface area contributed by atoms with Crippen LogP contribution in [0.25, 0.3) is 0 Å². The maximum atomic E-state index is 12.4. The van der Waals surface area contributed by atoms with Gasteiger partial charge >= 0.3 is 6.03 Å². The van der Waals surface area contributed by atoms with Crippen molar-refractivity contribution in [3.63, 3.8) is 0 Å². The van der Waals surface area contributed by atoms with Gasteiger partial charge in [0.15, 0.2) is 0 Å². The van der Waals surface area contributed by atoms with Gasteiger partial charge in [-0.05, 0) is 43.9 Å². The van der Waals surface area contributed by atoms with Crippen molar-refractivity contribution >= 4 is 17.4 Å². The van der Waals surface area contributed by atoms with E-state index in [-0.39, 0.29) is 12.1 Å². The number of rotatable bonds is 4. The molecule has 2 amide bonds. The number of para-hydroxylation sites is 2. The van der Waals surface area contributed by atoms with Crippen molar-refractivity contribution in [1.29, 1.82) is 0 Å². The summed E-state index contributed by atoms with van der Waals surface area (Å²) < 4.78 is 0. The molecule has 1 aliphatic rings. The van der Waals surface area contributed by atoms with Crippen molar-refractivity contribution in [3.05, 3.63) is 60.2 Å². The highest BCUT2D eigenvalue weighted by Gasteiger charge is 2.16. The molecule has 1 atom stereocenters. The summed E-state index contributed by atoms with van der Waals surface area (Å²) in [6.07, 6.45) is 3.72. The fraction of sp³-hybridized carbons (Fsp3) is 0.350. The van der Waals surface area contributed by atoms with Crippen LogP contribution in [-0.2, 0) is 0 Å². The lowest BCUT2D eigenvalue weighted by Gasteiger charge is -2.30. The summed E-state index contributed by atoms with van der Waals surface area (Å²) in [5.74, 6) is 0. The first kappa shape index (κ1) is 16.4. The number of anilines is 2. The van der Waals surface area contributed by atoms with Gasteiger partial charge in [-0.15, -0.1) is 0 Å². The topological polar surface area (TPSA) is 44.4 Å². The van der Waals surface area contributed by atoms with Gasteiger partial charge in [0, 0.05) is 13.1 Å². The molecule has 0 spiro atoms. The van der Waals surface area contributed by atoms with Crippen molar-refractivity contribution in [2.24, 2.45) is 0 Å². The van der Waals surface area contributed by atoms with E-state index in [0.717, 1.165) is 30.0 Å². The highest BCUT2D eigenvalue weighted by molar-refractivity contribution is 5.93. The number of hydrogen-bond acceptors (Lipinski definition) is 2. The van der Waals surface area contributed by atoms with Gasteiger partial charge in [0.25, 0.3) is 0 Å². The molecular formula is C20H25N3O. The van der Waals surface area contributed by atoms with Crippen molar-refractivity contribution in [2.75, 3.05) is 23.3 Å². The number of amides is 2. The number of carbonyl (C=O) groups is 1. The molecular weight excluding hydrogens is 298 g/mol. The van der Waals surface area contributed by atoms with E-state index in [1.165, 1.54) is 19.3 Å². The lowest BCUT2D eigenvalue weighted by Crippen LogP contribution is -2.33. The van der Waals surface area contributed by atoms with Crippen LogP contribution in [-0.4, -0.2) is 19.1 Å². The Labute approximate surface area is 143 Å². The van der Waals surface area contributed by atoms with Gasteiger partial charge in [0.2, 0.25) is 0 Å². The number of benzene rings is 2. The highest BCUT2D eigenvalue weighted by Crippen LogP contribution is 2.28. The smallest absolute Gasteiger partial charge is 0.319 e. The Kier molecular flexibility index (Phi) is 5.36. The average molecular weight is 323 g/mol. The second-order valence-electron chi connectivity index (χ2n) is 6.30. The first-order valence-corrected chi connectivity index (χ1v) is 8.70. The number of nitrogens with zero attached hydrogens (tertiary/aromatic N) is 1. The largest absolute Gasteiger partial charge is 0.370 e. The zero-order valence-electron chi connectivity index (χ0n) is 14.2. The molecule has 0 aromatic heterocycles. The Balaban J connectivity index is 1.66. The second kappa shape index (κ2) is 7.86. The van der Waals surface area contributed by atoms with E-state index in [0.29, 0.717) is 0 Å². The third kappa shape index (κ3) is 4.07. The molecule has 2 N–H and O–H groups in total. The fourth-order valence-electron chi connectivity index (χ4n) is 3.17. The molecule has 1 unspecified atom stereocenters. The molecule has 0 saturated carbocycles.